The lowest BCUT2D eigenvalue weighted by Crippen LogP contribution is -2.19. The van der Waals surface area contributed by atoms with Gasteiger partial charge in [-0.05, 0) is 68.9 Å². The first-order chi connectivity index (χ1) is 10.0. The van der Waals surface area contributed by atoms with Gasteiger partial charge in [0.1, 0.15) is 5.75 Å². The minimum atomic E-state index is 0.655. The first kappa shape index (κ1) is 18.9. The summed E-state index contributed by atoms with van der Waals surface area (Å²) >= 11 is 7.18. The summed E-state index contributed by atoms with van der Waals surface area (Å²) in [5, 5.41) is 3.44. The first-order valence-electron chi connectivity index (χ1n) is 7.43. The van der Waals surface area contributed by atoms with Crippen molar-refractivity contribution >= 4 is 31.9 Å². The van der Waals surface area contributed by atoms with Gasteiger partial charge in [0.25, 0.3) is 0 Å². The Hall–Kier alpha value is -0.100. The van der Waals surface area contributed by atoms with Crippen LogP contribution in [0, 0.1) is 5.92 Å². The molecule has 0 fully saturated rings. The normalized spacial score (nSPS) is 11.1. The van der Waals surface area contributed by atoms with Crippen molar-refractivity contribution in [2.24, 2.45) is 5.92 Å². The van der Waals surface area contributed by atoms with Crippen LogP contribution in [0.5, 0.6) is 5.75 Å². The number of nitrogens with one attached hydrogen (secondary N) is 1. The molecule has 0 spiro atoms. The molecule has 0 unspecified atom stereocenters. The molecule has 0 bridgehead atoms. The van der Waals surface area contributed by atoms with Gasteiger partial charge in [0.15, 0.2) is 0 Å². The van der Waals surface area contributed by atoms with Gasteiger partial charge in [-0.1, -0.05) is 13.8 Å². The van der Waals surface area contributed by atoms with Crippen LogP contribution in [0.4, 0.5) is 0 Å². The van der Waals surface area contributed by atoms with Gasteiger partial charge in [0.2, 0.25) is 0 Å². The summed E-state index contributed by atoms with van der Waals surface area (Å²) < 4.78 is 13.1. The molecule has 0 radical (unpaired) electrons. The van der Waals surface area contributed by atoms with Crippen LogP contribution >= 0.6 is 31.9 Å². The Bertz CT molecular complexity index is 402. The van der Waals surface area contributed by atoms with Crippen LogP contribution in [-0.4, -0.2) is 26.4 Å². The van der Waals surface area contributed by atoms with Crippen molar-refractivity contribution in [1.82, 2.24) is 5.32 Å². The van der Waals surface area contributed by atoms with E-state index >= 15 is 0 Å². The fraction of sp³-hybridized carbons (Fsp3) is 0.625. The van der Waals surface area contributed by atoms with Crippen molar-refractivity contribution in [3.63, 3.8) is 0 Å². The van der Waals surface area contributed by atoms with Crippen LogP contribution in [-0.2, 0) is 11.3 Å². The fourth-order valence-corrected chi connectivity index (χ4v) is 3.35. The topological polar surface area (TPSA) is 30.5 Å². The van der Waals surface area contributed by atoms with E-state index < -0.39 is 0 Å². The van der Waals surface area contributed by atoms with E-state index in [0.717, 1.165) is 47.4 Å². The summed E-state index contributed by atoms with van der Waals surface area (Å²) in [6, 6.07) is 4.21. The minimum Gasteiger partial charge on any atom is -0.491 e. The average Bonchev–Trinajstić information content (AvgIpc) is 2.40. The molecule has 0 aromatic heterocycles. The Labute approximate surface area is 145 Å². The monoisotopic (exact) mass is 421 g/mol. The van der Waals surface area contributed by atoms with E-state index in [1.54, 1.807) is 0 Å². The number of benzene rings is 1. The summed E-state index contributed by atoms with van der Waals surface area (Å²) in [7, 11) is 0. The Kier molecular flexibility index (Phi) is 9.56. The van der Waals surface area contributed by atoms with Crippen molar-refractivity contribution in [2.75, 3.05) is 26.4 Å². The molecule has 5 heteroatoms. The van der Waals surface area contributed by atoms with Gasteiger partial charge in [-0.15, -0.1) is 0 Å². The summed E-state index contributed by atoms with van der Waals surface area (Å²) in [5.74, 6) is 1.52. The predicted octanol–water partition coefficient (Wildman–Crippen LogP) is 4.76. The average molecular weight is 423 g/mol. The molecule has 1 aromatic rings. The van der Waals surface area contributed by atoms with Gasteiger partial charge in [-0.25, -0.2) is 0 Å². The van der Waals surface area contributed by atoms with E-state index in [4.69, 9.17) is 9.47 Å². The van der Waals surface area contributed by atoms with Crippen molar-refractivity contribution < 1.29 is 9.47 Å². The van der Waals surface area contributed by atoms with E-state index in [1.807, 2.05) is 6.92 Å². The second-order valence-electron chi connectivity index (χ2n) is 5.31. The summed E-state index contributed by atoms with van der Waals surface area (Å²) in [4.78, 5) is 0. The molecule has 0 atom stereocenters. The highest BCUT2D eigenvalue weighted by Crippen LogP contribution is 2.34. The van der Waals surface area contributed by atoms with Crippen molar-refractivity contribution in [3.05, 3.63) is 26.6 Å². The molecule has 120 valence electrons. The maximum atomic E-state index is 5.82. The highest BCUT2D eigenvalue weighted by molar-refractivity contribution is 9.11. The molecule has 1 N–H and O–H groups in total. The van der Waals surface area contributed by atoms with Gasteiger partial charge in [0.05, 0.1) is 15.6 Å². The molecule has 0 aliphatic rings. The number of rotatable bonds is 10. The molecule has 3 nitrogen and oxygen atoms in total. The molecule has 0 amide bonds. The highest BCUT2D eigenvalue weighted by Gasteiger charge is 2.09. The first-order valence-corrected chi connectivity index (χ1v) is 9.02. The molecule has 0 saturated heterocycles. The van der Waals surface area contributed by atoms with Crippen LogP contribution in [0.1, 0.15) is 32.8 Å². The van der Waals surface area contributed by atoms with Crippen LogP contribution in [0.25, 0.3) is 0 Å². The molecule has 0 heterocycles. The van der Waals surface area contributed by atoms with Crippen molar-refractivity contribution in [3.8, 4) is 5.75 Å². The van der Waals surface area contributed by atoms with E-state index in [-0.39, 0.29) is 0 Å². The van der Waals surface area contributed by atoms with Crippen LogP contribution < -0.4 is 10.1 Å². The van der Waals surface area contributed by atoms with E-state index in [0.29, 0.717) is 12.5 Å². The van der Waals surface area contributed by atoms with Crippen molar-refractivity contribution in [2.45, 2.75) is 33.7 Å². The predicted molar refractivity (Wildman–Crippen MR) is 95.0 cm³/mol. The van der Waals surface area contributed by atoms with Crippen LogP contribution in [0.3, 0.4) is 0 Å². The molecule has 0 saturated carbocycles. The summed E-state index contributed by atoms with van der Waals surface area (Å²) in [6.45, 7) is 10.4. The van der Waals surface area contributed by atoms with Crippen molar-refractivity contribution in [1.29, 1.82) is 0 Å². The fourth-order valence-electron chi connectivity index (χ4n) is 1.84. The second-order valence-corrected chi connectivity index (χ2v) is 7.02. The summed E-state index contributed by atoms with van der Waals surface area (Å²) in [5.41, 5.74) is 1.23. The van der Waals surface area contributed by atoms with E-state index in [9.17, 15) is 0 Å². The van der Waals surface area contributed by atoms with Gasteiger partial charge in [-0.3, -0.25) is 0 Å². The van der Waals surface area contributed by atoms with Crippen LogP contribution in [0.2, 0.25) is 0 Å². The SMILES string of the molecule is CCOCCCOc1c(Br)cc(CNCC(C)C)cc1Br. The third-order valence-electron chi connectivity index (χ3n) is 2.82. The van der Waals surface area contributed by atoms with Gasteiger partial charge >= 0.3 is 0 Å². The Morgan fingerprint density at radius 1 is 1.14 bits per heavy atom. The Morgan fingerprint density at radius 3 is 2.38 bits per heavy atom. The molecular formula is C16H25Br2NO2. The largest absolute Gasteiger partial charge is 0.491 e. The number of hydrogen-bond acceptors (Lipinski definition) is 3. The molecule has 1 aromatic carbocycles. The van der Waals surface area contributed by atoms with Gasteiger partial charge in [-0.2, -0.15) is 0 Å². The molecule has 21 heavy (non-hydrogen) atoms. The lowest BCUT2D eigenvalue weighted by atomic mass is 10.2. The highest BCUT2D eigenvalue weighted by atomic mass is 79.9. The summed E-state index contributed by atoms with van der Waals surface area (Å²) in [6.07, 6.45) is 0.893. The van der Waals surface area contributed by atoms with Gasteiger partial charge < -0.3 is 14.8 Å². The third kappa shape index (κ3) is 7.63. The molecule has 0 aliphatic carbocycles. The maximum absolute atomic E-state index is 5.82. The standard InChI is InChI=1S/C16H25Br2NO2/c1-4-20-6-5-7-21-16-14(17)8-13(9-15(16)18)11-19-10-12(2)3/h8-9,12,19H,4-7,10-11H2,1-3H3. The lowest BCUT2D eigenvalue weighted by molar-refractivity contribution is 0.130. The third-order valence-corrected chi connectivity index (χ3v) is 4.00. The number of halogens is 2. The molecular weight excluding hydrogens is 398 g/mol. The zero-order chi connectivity index (χ0) is 15.7. The molecule has 1 rings (SSSR count). The van der Waals surface area contributed by atoms with Gasteiger partial charge in [0, 0.05) is 26.2 Å². The van der Waals surface area contributed by atoms with E-state index in [2.05, 4.69) is 63.2 Å². The zero-order valence-corrected chi connectivity index (χ0v) is 16.2. The number of hydrogen-bond donors (Lipinski definition) is 1. The molecule has 0 aliphatic heterocycles. The quantitative estimate of drug-likeness (QED) is 0.551. The van der Waals surface area contributed by atoms with Crippen LogP contribution in [0.15, 0.2) is 21.1 Å². The Morgan fingerprint density at radius 2 is 1.81 bits per heavy atom. The minimum absolute atomic E-state index is 0.655. The number of ether oxygens (including phenoxy) is 2. The second kappa shape index (κ2) is 10.6. The zero-order valence-electron chi connectivity index (χ0n) is 13.0. The smallest absolute Gasteiger partial charge is 0.147 e. The lowest BCUT2D eigenvalue weighted by Gasteiger charge is -2.13. The van der Waals surface area contributed by atoms with E-state index in [1.165, 1.54) is 5.56 Å². The maximum Gasteiger partial charge on any atom is 0.147 e. The Balaban J connectivity index is 2.50.